The number of rotatable bonds is 3. The van der Waals surface area contributed by atoms with Crippen molar-refractivity contribution in [2.75, 3.05) is 5.32 Å². The average molecular weight is 264 g/mol. The summed E-state index contributed by atoms with van der Waals surface area (Å²) in [6, 6.07) is 17.9. The van der Waals surface area contributed by atoms with Gasteiger partial charge in [0.15, 0.2) is 0 Å². The van der Waals surface area contributed by atoms with Crippen LogP contribution in [0.25, 0.3) is 10.9 Å². The van der Waals surface area contributed by atoms with Crippen molar-refractivity contribution in [2.45, 2.75) is 13.5 Å². The number of pyridine rings is 1. The Morgan fingerprint density at radius 2 is 1.90 bits per heavy atom. The molecule has 3 rings (SSSR count). The van der Waals surface area contributed by atoms with E-state index in [4.69, 9.17) is 0 Å². The zero-order valence-corrected chi connectivity index (χ0v) is 11.3. The van der Waals surface area contributed by atoms with Crippen molar-refractivity contribution in [3.8, 4) is 0 Å². The summed E-state index contributed by atoms with van der Waals surface area (Å²) < 4.78 is 0. The molecule has 0 spiro atoms. The Hall–Kier alpha value is -2.55. The Bertz CT molecular complexity index is 805. The molecular weight excluding hydrogens is 248 g/mol. The first kappa shape index (κ1) is 12.5. The van der Waals surface area contributed by atoms with E-state index in [-0.39, 0.29) is 5.56 Å². The Kier molecular flexibility index (Phi) is 3.25. The number of fused-ring (bicyclic) bond motifs is 1. The molecule has 3 nitrogen and oxygen atoms in total. The number of anilines is 1. The average Bonchev–Trinajstić information content (AvgIpc) is 2.45. The molecule has 100 valence electrons. The van der Waals surface area contributed by atoms with Crippen molar-refractivity contribution in [3.63, 3.8) is 0 Å². The lowest BCUT2D eigenvalue weighted by molar-refractivity contribution is 1.09. The summed E-state index contributed by atoms with van der Waals surface area (Å²) in [5.74, 6) is 0. The van der Waals surface area contributed by atoms with Crippen LogP contribution < -0.4 is 10.9 Å². The smallest absolute Gasteiger partial charge is 0.253 e. The van der Waals surface area contributed by atoms with Crippen LogP contribution >= 0.6 is 0 Å². The highest BCUT2D eigenvalue weighted by Gasteiger charge is 2.02. The van der Waals surface area contributed by atoms with Gasteiger partial charge in [-0.15, -0.1) is 0 Å². The van der Waals surface area contributed by atoms with Gasteiger partial charge in [-0.05, 0) is 42.1 Å². The standard InChI is InChI=1S/C17H16N2O/c1-12-5-4-7-15(9-12)18-11-14-10-13-6-2-3-8-16(13)19-17(14)20/h2-10,18H,11H2,1H3,(H,19,20). The van der Waals surface area contributed by atoms with Gasteiger partial charge in [-0.2, -0.15) is 0 Å². The highest BCUT2D eigenvalue weighted by molar-refractivity contribution is 5.78. The van der Waals surface area contributed by atoms with Crippen LogP contribution in [-0.2, 0) is 6.54 Å². The molecular formula is C17H16N2O. The second-order valence-corrected chi connectivity index (χ2v) is 4.93. The van der Waals surface area contributed by atoms with E-state index in [1.165, 1.54) is 5.56 Å². The molecule has 0 atom stereocenters. The molecule has 1 aromatic heterocycles. The van der Waals surface area contributed by atoms with Gasteiger partial charge in [-0.3, -0.25) is 4.79 Å². The van der Waals surface area contributed by atoms with Gasteiger partial charge in [0.2, 0.25) is 0 Å². The maximum absolute atomic E-state index is 12.0. The monoisotopic (exact) mass is 264 g/mol. The maximum atomic E-state index is 12.0. The summed E-state index contributed by atoms with van der Waals surface area (Å²) >= 11 is 0. The summed E-state index contributed by atoms with van der Waals surface area (Å²) in [6.45, 7) is 2.57. The van der Waals surface area contributed by atoms with Crippen LogP contribution in [-0.4, -0.2) is 4.98 Å². The molecule has 0 radical (unpaired) electrons. The van der Waals surface area contributed by atoms with Crippen LogP contribution in [0, 0.1) is 6.92 Å². The second kappa shape index (κ2) is 5.21. The Labute approximate surface area is 117 Å². The number of aromatic nitrogens is 1. The molecule has 0 aliphatic heterocycles. The number of aryl methyl sites for hydroxylation is 1. The normalized spacial score (nSPS) is 10.7. The molecule has 20 heavy (non-hydrogen) atoms. The molecule has 0 amide bonds. The topological polar surface area (TPSA) is 44.9 Å². The van der Waals surface area contributed by atoms with Crippen molar-refractivity contribution in [2.24, 2.45) is 0 Å². The molecule has 0 fully saturated rings. The van der Waals surface area contributed by atoms with Crippen LogP contribution in [0.4, 0.5) is 5.69 Å². The summed E-state index contributed by atoms with van der Waals surface area (Å²) in [5, 5.41) is 4.34. The highest BCUT2D eigenvalue weighted by atomic mass is 16.1. The van der Waals surface area contributed by atoms with Gasteiger partial charge >= 0.3 is 0 Å². The number of hydrogen-bond donors (Lipinski definition) is 2. The van der Waals surface area contributed by atoms with Gasteiger partial charge in [-0.25, -0.2) is 0 Å². The molecule has 0 unspecified atom stereocenters. The van der Waals surface area contributed by atoms with E-state index < -0.39 is 0 Å². The third kappa shape index (κ3) is 2.57. The molecule has 3 aromatic rings. The number of nitrogens with one attached hydrogen (secondary N) is 2. The van der Waals surface area contributed by atoms with Gasteiger partial charge < -0.3 is 10.3 Å². The third-order valence-corrected chi connectivity index (χ3v) is 3.33. The fraction of sp³-hybridized carbons (Fsp3) is 0.118. The lowest BCUT2D eigenvalue weighted by Crippen LogP contribution is -2.15. The minimum Gasteiger partial charge on any atom is -0.381 e. The van der Waals surface area contributed by atoms with Crippen LogP contribution in [0.1, 0.15) is 11.1 Å². The molecule has 0 bridgehead atoms. The number of para-hydroxylation sites is 1. The number of hydrogen-bond acceptors (Lipinski definition) is 2. The van der Waals surface area contributed by atoms with Crippen LogP contribution in [0.2, 0.25) is 0 Å². The molecule has 0 saturated heterocycles. The Morgan fingerprint density at radius 1 is 1.05 bits per heavy atom. The van der Waals surface area contributed by atoms with Crippen molar-refractivity contribution in [1.29, 1.82) is 0 Å². The van der Waals surface area contributed by atoms with Crippen LogP contribution in [0.15, 0.2) is 59.4 Å². The Morgan fingerprint density at radius 3 is 2.75 bits per heavy atom. The SMILES string of the molecule is Cc1cccc(NCc2cc3ccccc3[nH]c2=O)c1. The van der Waals surface area contributed by atoms with Gasteiger partial charge in [0.05, 0.1) is 0 Å². The molecule has 0 saturated carbocycles. The minimum atomic E-state index is -0.0381. The van der Waals surface area contributed by atoms with E-state index in [0.29, 0.717) is 6.54 Å². The van der Waals surface area contributed by atoms with E-state index >= 15 is 0 Å². The summed E-state index contributed by atoms with van der Waals surface area (Å²) in [4.78, 5) is 14.9. The molecule has 1 heterocycles. The van der Waals surface area contributed by atoms with Crippen molar-refractivity contribution < 1.29 is 0 Å². The van der Waals surface area contributed by atoms with E-state index in [9.17, 15) is 4.79 Å². The zero-order valence-electron chi connectivity index (χ0n) is 11.3. The van der Waals surface area contributed by atoms with E-state index in [1.54, 1.807) is 0 Å². The van der Waals surface area contributed by atoms with Gasteiger partial charge in [0.25, 0.3) is 5.56 Å². The fourth-order valence-corrected chi connectivity index (χ4v) is 2.28. The second-order valence-electron chi connectivity index (χ2n) is 4.93. The predicted molar refractivity (Wildman–Crippen MR) is 83.1 cm³/mol. The first-order valence-electron chi connectivity index (χ1n) is 6.64. The van der Waals surface area contributed by atoms with Gasteiger partial charge in [-0.1, -0.05) is 30.3 Å². The summed E-state index contributed by atoms with van der Waals surface area (Å²) in [7, 11) is 0. The predicted octanol–water partition coefficient (Wildman–Crippen LogP) is 3.45. The number of H-pyrrole nitrogens is 1. The van der Waals surface area contributed by atoms with Crippen molar-refractivity contribution >= 4 is 16.6 Å². The first-order chi connectivity index (χ1) is 9.72. The maximum Gasteiger partial charge on any atom is 0.253 e. The van der Waals surface area contributed by atoms with Gasteiger partial charge in [0, 0.05) is 23.3 Å². The van der Waals surface area contributed by atoms with Crippen molar-refractivity contribution in [3.05, 3.63) is 76.1 Å². The number of benzene rings is 2. The van der Waals surface area contributed by atoms with Crippen LogP contribution in [0.3, 0.4) is 0 Å². The number of aromatic amines is 1. The largest absolute Gasteiger partial charge is 0.381 e. The van der Waals surface area contributed by atoms with Crippen molar-refractivity contribution in [1.82, 2.24) is 4.98 Å². The quantitative estimate of drug-likeness (QED) is 0.761. The molecule has 3 heteroatoms. The molecule has 2 N–H and O–H groups in total. The van der Waals surface area contributed by atoms with Crippen LogP contribution in [0.5, 0.6) is 0 Å². The summed E-state index contributed by atoms with van der Waals surface area (Å²) in [6.07, 6.45) is 0. The summed E-state index contributed by atoms with van der Waals surface area (Å²) in [5.41, 5.74) is 3.80. The molecule has 0 aliphatic carbocycles. The molecule has 2 aromatic carbocycles. The molecule has 0 aliphatic rings. The Balaban J connectivity index is 1.87. The lowest BCUT2D eigenvalue weighted by atomic mass is 10.1. The lowest BCUT2D eigenvalue weighted by Gasteiger charge is -2.07. The van der Waals surface area contributed by atoms with Gasteiger partial charge in [0.1, 0.15) is 0 Å². The van der Waals surface area contributed by atoms with E-state index in [1.807, 2.05) is 55.5 Å². The zero-order chi connectivity index (χ0) is 13.9. The van der Waals surface area contributed by atoms with E-state index in [2.05, 4.69) is 16.4 Å². The minimum absolute atomic E-state index is 0.0381. The first-order valence-corrected chi connectivity index (χ1v) is 6.64. The van der Waals surface area contributed by atoms with E-state index in [0.717, 1.165) is 22.2 Å². The highest BCUT2D eigenvalue weighted by Crippen LogP contribution is 2.13. The third-order valence-electron chi connectivity index (χ3n) is 3.33. The fourth-order valence-electron chi connectivity index (χ4n) is 2.28.